The maximum atomic E-state index is 12.3. The molecule has 0 atom stereocenters. The third-order valence-electron chi connectivity index (χ3n) is 6.14. The minimum absolute atomic E-state index is 0.227. The van der Waals surface area contributed by atoms with Gasteiger partial charge in [-0.3, -0.25) is 9.59 Å². The number of carbonyl (C=O) groups excluding carboxylic acids is 2. The van der Waals surface area contributed by atoms with Crippen LogP contribution in [0.3, 0.4) is 0 Å². The molecule has 4 rings (SSSR count). The van der Waals surface area contributed by atoms with Crippen LogP contribution in [-0.2, 0) is 9.59 Å². The van der Waals surface area contributed by atoms with Crippen LogP contribution < -0.4 is 10.6 Å². The fraction of sp³-hybridized carbons (Fsp3) is 0.0588. The summed E-state index contributed by atoms with van der Waals surface area (Å²) in [4.78, 5) is 24.6. The van der Waals surface area contributed by atoms with E-state index in [1.807, 2.05) is 84.9 Å². The highest BCUT2D eigenvalue weighted by atomic mass is 16.2. The average molecular weight is 523 g/mol. The van der Waals surface area contributed by atoms with Gasteiger partial charge < -0.3 is 10.6 Å². The van der Waals surface area contributed by atoms with E-state index in [1.165, 1.54) is 12.2 Å². The van der Waals surface area contributed by atoms with E-state index in [2.05, 4.69) is 22.8 Å². The summed E-state index contributed by atoms with van der Waals surface area (Å²) < 4.78 is 0. The van der Waals surface area contributed by atoms with E-state index >= 15 is 0 Å². The first-order valence-corrected chi connectivity index (χ1v) is 12.7. The lowest BCUT2D eigenvalue weighted by Gasteiger charge is -2.07. The molecule has 40 heavy (non-hydrogen) atoms. The maximum absolute atomic E-state index is 12.3. The Morgan fingerprint density at radius 2 is 0.975 bits per heavy atom. The molecule has 0 aliphatic heterocycles. The summed E-state index contributed by atoms with van der Waals surface area (Å²) in [5, 5.41) is 24.9. The van der Waals surface area contributed by atoms with Gasteiger partial charge in [0.15, 0.2) is 0 Å². The molecule has 6 heteroatoms. The Bertz CT molecular complexity index is 1520. The third kappa shape index (κ3) is 6.98. The molecule has 194 valence electrons. The van der Waals surface area contributed by atoms with Crippen molar-refractivity contribution in [3.63, 3.8) is 0 Å². The van der Waals surface area contributed by atoms with Crippen LogP contribution in [0.2, 0.25) is 0 Å². The standard InChI is InChI=1S/C34H26N4O2/c35-23-31-27(13-7-15-29(31)25-9-3-1-4-10-25)17-19-33(39)37-21-22-38-34(40)20-18-28-14-8-16-30(32(28)24-36)26-11-5-2-6-12-26/h1-20H,21-22H2,(H,37,39)(H,38,40). The fourth-order valence-corrected chi connectivity index (χ4v) is 4.20. The van der Waals surface area contributed by atoms with Crippen molar-refractivity contribution in [3.8, 4) is 34.4 Å². The van der Waals surface area contributed by atoms with Gasteiger partial charge in [-0.25, -0.2) is 0 Å². The summed E-state index contributed by atoms with van der Waals surface area (Å²) in [6.45, 7) is 0.454. The summed E-state index contributed by atoms with van der Waals surface area (Å²) >= 11 is 0. The highest BCUT2D eigenvalue weighted by molar-refractivity contribution is 5.94. The van der Waals surface area contributed by atoms with Crippen LogP contribution in [0.5, 0.6) is 0 Å². The van der Waals surface area contributed by atoms with Gasteiger partial charge in [-0.15, -0.1) is 0 Å². The van der Waals surface area contributed by atoms with E-state index in [-0.39, 0.29) is 24.9 Å². The zero-order chi connectivity index (χ0) is 28.2. The molecular weight excluding hydrogens is 496 g/mol. The summed E-state index contributed by atoms with van der Waals surface area (Å²) in [6, 6.07) is 34.7. The van der Waals surface area contributed by atoms with Crippen LogP contribution in [0.4, 0.5) is 0 Å². The van der Waals surface area contributed by atoms with Gasteiger partial charge in [-0.05, 0) is 34.4 Å². The molecule has 4 aromatic carbocycles. The summed E-state index contributed by atoms with van der Waals surface area (Å²) in [7, 11) is 0. The van der Waals surface area contributed by atoms with Crippen LogP contribution in [0.25, 0.3) is 34.4 Å². The van der Waals surface area contributed by atoms with Gasteiger partial charge in [0.1, 0.15) is 12.1 Å². The first-order chi connectivity index (χ1) is 19.6. The predicted octanol–water partition coefficient (Wildman–Crippen LogP) is 5.72. The molecule has 0 bridgehead atoms. The molecule has 0 aliphatic carbocycles. The van der Waals surface area contributed by atoms with E-state index in [0.29, 0.717) is 22.3 Å². The topological polar surface area (TPSA) is 106 Å². The number of rotatable bonds is 9. The Kier molecular flexibility index (Phi) is 9.37. The SMILES string of the molecule is N#Cc1c(C=CC(=O)NCCNC(=O)C=Cc2cccc(-c3ccccc3)c2C#N)cccc1-c1ccccc1. The number of amides is 2. The van der Waals surface area contributed by atoms with Crippen molar-refractivity contribution < 1.29 is 9.59 Å². The lowest BCUT2D eigenvalue weighted by molar-refractivity contribution is -0.118. The van der Waals surface area contributed by atoms with Gasteiger partial charge in [0.2, 0.25) is 11.8 Å². The largest absolute Gasteiger partial charge is 0.351 e. The lowest BCUT2D eigenvalue weighted by Crippen LogP contribution is -2.33. The van der Waals surface area contributed by atoms with E-state index < -0.39 is 0 Å². The van der Waals surface area contributed by atoms with Gasteiger partial charge in [0.25, 0.3) is 0 Å². The number of nitrogens with one attached hydrogen (secondary N) is 2. The molecule has 2 N–H and O–H groups in total. The van der Waals surface area contributed by atoms with Crippen molar-refractivity contribution in [3.05, 3.63) is 131 Å². The molecule has 2 amide bonds. The Balaban J connectivity index is 1.30. The molecule has 0 unspecified atom stereocenters. The first kappa shape index (κ1) is 27.3. The lowest BCUT2D eigenvalue weighted by atomic mass is 9.96. The first-order valence-electron chi connectivity index (χ1n) is 12.7. The van der Waals surface area contributed by atoms with Crippen molar-refractivity contribution in [2.24, 2.45) is 0 Å². The zero-order valence-corrected chi connectivity index (χ0v) is 21.7. The molecule has 6 nitrogen and oxygen atoms in total. The quantitative estimate of drug-likeness (QED) is 0.217. The normalized spacial score (nSPS) is 10.7. The Morgan fingerprint density at radius 1 is 0.575 bits per heavy atom. The van der Waals surface area contributed by atoms with E-state index in [0.717, 1.165) is 22.3 Å². The Morgan fingerprint density at radius 3 is 1.35 bits per heavy atom. The number of carbonyl (C=O) groups is 2. The zero-order valence-electron chi connectivity index (χ0n) is 21.7. The minimum atomic E-state index is -0.338. The minimum Gasteiger partial charge on any atom is -0.351 e. The molecule has 0 saturated heterocycles. The van der Waals surface area contributed by atoms with Crippen LogP contribution in [0.1, 0.15) is 22.3 Å². The third-order valence-corrected chi connectivity index (χ3v) is 6.14. The smallest absolute Gasteiger partial charge is 0.244 e. The molecule has 0 heterocycles. The van der Waals surface area contributed by atoms with Crippen LogP contribution in [-0.4, -0.2) is 24.9 Å². The molecule has 0 aliphatic rings. The second kappa shape index (κ2) is 13.7. The number of nitrogens with zero attached hydrogens (tertiary/aromatic N) is 2. The highest BCUT2D eigenvalue weighted by Gasteiger charge is 2.09. The molecule has 0 spiro atoms. The summed E-state index contributed by atoms with van der Waals surface area (Å²) in [6.07, 6.45) is 5.96. The van der Waals surface area contributed by atoms with Gasteiger partial charge in [-0.2, -0.15) is 10.5 Å². The summed E-state index contributed by atoms with van der Waals surface area (Å²) in [5.74, 6) is -0.676. The van der Waals surface area contributed by atoms with Gasteiger partial charge in [0, 0.05) is 36.4 Å². The maximum Gasteiger partial charge on any atom is 0.244 e. The molecule has 0 radical (unpaired) electrons. The molecule has 0 aromatic heterocycles. The van der Waals surface area contributed by atoms with Crippen molar-refractivity contribution in [1.82, 2.24) is 10.6 Å². The number of nitriles is 2. The Hall–Kier alpha value is -5.72. The highest BCUT2D eigenvalue weighted by Crippen LogP contribution is 2.27. The number of hydrogen-bond acceptors (Lipinski definition) is 4. The second-order valence-corrected chi connectivity index (χ2v) is 8.74. The van der Waals surface area contributed by atoms with Gasteiger partial charge in [-0.1, -0.05) is 97.1 Å². The molecule has 0 fully saturated rings. The number of benzene rings is 4. The van der Waals surface area contributed by atoms with Crippen LogP contribution in [0, 0.1) is 22.7 Å². The number of hydrogen-bond donors (Lipinski definition) is 2. The van der Waals surface area contributed by atoms with Crippen molar-refractivity contribution in [2.45, 2.75) is 0 Å². The van der Waals surface area contributed by atoms with Crippen molar-refractivity contribution >= 4 is 24.0 Å². The van der Waals surface area contributed by atoms with E-state index in [4.69, 9.17) is 0 Å². The van der Waals surface area contributed by atoms with Crippen molar-refractivity contribution in [1.29, 1.82) is 10.5 Å². The van der Waals surface area contributed by atoms with Gasteiger partial charge >= 0.3 is 0 Å². The second-order valence-electron chi connectivity index (χ2n) is 8.74. The molecule has 4 aromatic rings. The van der Waals surface area contributed by atoms with E-state index in [9.17, 15) is 20.1 Å². The fourth-order valence-electron chi connectivity index (χ4n) is 4.20. The van der Waals surface area contributed by atoms with Crippen molar-refractivity contribution in [2.75, 3.05) is 13.1 Å². The Labute approximate surface area is 233 Å². The van der Waals surface area contributed by atoms with Crippen LogP contribution >= 0.6 is 0 Å². The molecule has 0 saturated carbocycles. The van der Waals surface area contributed by atoms with E-state index in [1.54, 1.807) is 24.3 Å². The monoisotopic (exact) mass is 522 g/mol. The predicted molar refractivity (Wildman–Crippen MR) is 157 cm³/mol. The average Bonchev–Trinajstić information content (AvgIpc) is 3.01. The van der Waals surface area contributed by atoms with Crippen LogP contribution in [0.15, 0.2) is 109 Å². The summed E-state index contributed by atoms with van der Waals surface area (Å²) in [5.41, 5.74) is 5.73. The molecular formula is C34H26N4O2. The van der Waals surface area contributed by atoms with Gasteiger partial charge in [0.05, 0.1) is 11.1 Å².